The number of imidazole rings is 1. The first-order valence-corrected chi connectivity index (χ1v) is 12.9. The van der Waals surface area contributed by atoms with Crippen LogP contribution in [0.15, 0.2) is 45.5 Å². The Bertz CT molecular complexity index is 1300. The van der Waals surface area contributed by atoms with Gasteiger partial charge < -0.3 is 24.6 Å². The van der Waals surface area contributed by atoms with Crippen LogP contribution in [0.25, 0.3) is 22.6 Å². The third-order valence-electron chi connectivity index (χ3n) is 6.82. The number of H-pyrrole nitrogens is 1. The minimum Gasteiger partial charge on any atom is -0.369 e. The smallest absolute Gasteiger partial charge is 0.159 e. The van der Waals surface area contributed by atoms with Gasteiger partial charge in [-0.15, -0.1) is 0 Å². The molecule has 0 atom stereocenters. The molecule has 35 heavy (non-hydrogen) atoms. The lowest BCUT2D eigenvalue weighted by Gasteiger charge is -2.36. The Labute approximate surface area is 212 Å². The minimum absolute atomic E-state index is 0.810. The molecule has 2 aliphatic heterocycles. The summed E-state index contributed by atoms with van der Waals surface area (Å²) in [7, 11) is 0. The van der Waals surface area contributed by atoms with Gasteiger partial charge in [0.2, 0.25) is 0 Å². The first kappa shape index (κ1) is 22.5. The number of pyridine rings is 1. The fraction of sp³-hybridized carbons (Fsp3) is 0.400. The first-order chi connectivity index (χ1) is 17.1. The van der Waals surface area contributed by atoms with Gasteiger partial charge in [0.1, 0.15) is 17.1 Å². The molecule has 5 heterocycles. The third-order valence-corrected chi connectivity index (χ3v) is 7.40. The average Bonchev–Trinajstić information content (AvgIpc) is 3.51. The zero-order valence-corrected chi connectivity index (χ0v) is 21.4. The van der Waals surface area contributed by atoms with E-state index in [0.717, 1.165) is 103 Å². The first-order valence-electron chi connectivity index (χ1n) is 12.1. The number of aromatic amines is 1. The van der Waals surface area contributed by atoms with Crippen molar-refractivity contribution in [2.45, 2.75) is 13.5 Å². The summed E-state index contributed by atoms with van der Waals surface area (Å²) < 4.78 is 6.19. The van der Waals surface area contributed by atoms with Crippen molar-refractivity contribution in [2.75, 3.05) is 62.2 Å². The van der Waals surface area contributed by atoms with E-state index >= 15 is 0 Å². The molecule has 9 nitrogen and oxygen atoms in total. The van der Waals surface area contributed by atoms with Gasteiger partial charge in [-0.25, -0.2) is 9.97 Å². The summed E-state index contributed by atoms with van der Waals surface area (Å²) >= 11 is 3.74. The molecule has 0 unspecified atom stereocenters. The predicted octanol–water partition coefficient (Wildman–Crippen LogP) is 3.42. The Hall–Kier alpha value is -2.95. The van der Waals surface area contributed by atoms with Crippen LogP contribution in [0.4, 0.5) is 11.4 Å². The maximum Gasteiger partial charge on any atom is 0.159 e. The topological polar surface area (TPSA) is 89.4 Å². The molecular formula is C25H29BrN8O. The van der Waals surface area contributed by atoms with Crippen LogP contribution in [0.1, 0.15) is 11.5 Å². The van der Waals surface area contributed by atoms with Gasteiger partial charge in [0.05, 0.1) is 15.9 Å². The molecule has 2 aliphatic rings. The van der Waals surface area contributed by atoms with Gasteiger partial charge in [-0.05, 0) is 47.1 Å². The Balaban J connectivity index is 1.21. The predicted molar refractivity (Wildman–Crippen MR) is 141 cm³/mol. The van der Waals surface area contributed by atoms with Gasteiger partial charge in [0.25, 0.3) is 0 Å². The monoisotopic (exact) mass is 536 g/mol. The third kappa shape index (κ3) is 4.65. The maximum absolute atomic E-state index is 5.22. The van der Waals surface area contributed by atoms with Gasteiger partial charge in [-0.3, -0.25) is 4.90 Å². The van der Waals surface area contributed by atoms with Crippen molar-refractivity contribution in [3.05, 3.63) is 52.5 Å². The van der Waals surface area contributed by atoms with Crippen molar-refractivity contribution in [2.24, 2.45) is 0 Å². The lowest BCUT2D eigenvalue weighted by atomic mass is 10.1. The number of piperazine rings is 2. The standard InChI is InChI=1S/C25H29BrN8O/c1-17-14-19(31-35-17)16-32-10-12-34(13-11-32)23-21(26)15-28-25-22(23)29-24(30-25)18-2-4-20(5-3-18)33-8-6-27-7-9-33/h2-5,14-15,27H,6-13,16H2,1H3,(H,28,29,30). The van der Waals surface area contributed by atoms with Crippen LogP contribution in [0.5, 0.6) is 0 Å². The maximum atomic E-state index is 5.22. The number of aryl methyl sites for hydroxylation is 1. The van der Waals surface area contributed by atoms with Crippen molar-refractivity contribution >= 4 is 38.5 Å². The van der Waals surface area contributed by atoms with E-state index in [1.807, 2.05) is 19.2 Å². The van der Waals surface area contributed by atoms with E-state index in [1.165, 1.54) is 5.69 Å². The Morgan fingerprint density at radius 3 is 2.49 bits per heavy atom. The molecule has 4 aromatic rings. The minimum atomic E-state index is 0.810. The summed E-state index contributed by atoms with van der Waals surface area (Å²) in [5, 5.41) is 7.55. The summed E-state index contributed by atoms with van der Waals surface area (Å²) in [5.41, 5.74) is 6.13. The highest BCUT2D eigenvalue weighted by molar-refractivity contribution is 9.10. The Morgan fingerprint density at radius 2 is 1.77 bits per heavy atom. The van der Waals surface area contributed by atoms with Crippen LogP contribution in [0.2, 0.25) is 0 Å². The number of fused-ring (bicyclic) bond motifs is 1. The largest absolute Gasteiger partial charge is 0.369 e. The molecule has 2 N–H and O–H groups in total. The van der Waals surface area contributed by atoms with Crippen LogP contribution in [0, 0.1) is 6.92 Å². The van der Waals surface area contributed by atoms with Crippen LogP contribution < -0.4 is 15.1 Å². The summed E-state index contributed by atoms with van der Waals surface area (Å²) in [4.78, 5) is 20.3. The number of anilines is 2. The number of aromatic nitrogens is 4. The number of benzene rings is 1. The Kier molecular flexibility index (Phi) is 6.17. The molecule has 6 rings (SSSR count). The fourth-order valence-electron chi connectivity index (χ4n) is 4.96. The summed E-state index contributed by atoms with van der Waals surface area (Å²) in [6, 6.07) is 10.7. The van der Waals surface area contributed by atoms with Crippen molar-refractivity contribution in [3.63, 3.8) is 0 Å². The highest BCUT2D eigenvalue weighted by Crippen LogP contribution is 2.34. The molecule has 10 heteroatoms. The number of nitrogens with zero attached hydrogens (tertiary/aromatic N) is 6. The second kappa shape index (κ2) is 9.60. The number of halogens is 1. The highest BCUT2D eigenvalue weighted by Gasteiger charge is 2.24. The quantitative estimate of drug-likeness (QED) is 0.401. The number of rotatable bonds is 5. The van der Waals surface area contributed by atoms with Crippen molar-refractivity contribution < 1.29 is 4.52 Å². The molecule has 2 fully saturated rings. The van der Waals surface area contributed by atoms with Crippen LogP contribution >= 0.6 is 15.9 Å². The van der Waals surface area contributed by atoms with Gasteiger partial charge in [0.15, 0.2) is 5.65 Å². The molecule has 0 aliphatic carbocycles. The van der Waals surface area contributed by atoms with Gasteiger partial charge in [-0.2, -0.15) is 0 Å². The van der Waals surface area contributed by atoms with Gasteiger partial charge in [-0.1, -0.05) is 5.16 Å². The van der Waals surface area contributed by atoms with E-state index in [2.05, 4.69) is 75.3 Å². The van der Waals surface area contributed by atoms with E-state index in [-0.39, 0.29) is 0 Å². The number of hydrogen-bond donors (Lipinski definition) is 2. The van der Waals surface area contributed by atoms with Crippen LogP contribution in [-0.2, 0) is 6.54 Å². The Morgan fingerprint density at radius 1 is 1.00 bits per heavy atom. The van der Waals surface area contributed by atoms with Crippen LogP contribution in [-0.4, -0.2) is 77.4 Å². The van der Waals surface area contributed by atoms with Crippen molar-refractivity contribution in [1.29, 1.82) is 0 Å². The van der Waals surface area contributed by atoms with Gasteiger partial charge >= 0.3 is 0 Å². The number of nitrogens with one attached hydrogen (secondary N) is 2. The molecule has 0 bridgehead atoms. The van der Waals surface area contributed by atoms with Gasteiger partial charge in [0, 0.05) is 82.4 Å². The summed E-state index contributed by atoms with van der Waals surface area (Å²) in [6.45, 7) is 10.6. The normalized spacial score (nSPS) is 17.4. The molecule has 1 aromatic carbocycles. The average molecular weight is 537 g/mol. The molecule has 0 spiro atoms. The van der Waals surface area contributed by atoms with E-state index < -0.39 is 0 Å². The second-order valence-electron chi connectivity index (χ2n) is 9.21. The lowest BCUT2D eigenvalue weighted by molar-refractivity contribution is 0.242. The zero-order chi connectivity index (χ0) is 23.8. The number of hydrogen-bond acceptors (Lipinski definition) is 8. The molecule has 0 radical (unpaired) electrons. The summed E-state index contributed by atoms with van der Waals surface area (Å²) in [5.74, 6) is 1.70. The molecule has 0 amide bonds. The van der Waals surface area contributed by atoms with Crippen molar-refractivity contribution in [3.8, 4) is 11.4 Å². The molecule has 182 valence electrons. The zero-order valence-electron chi connectivity index (χ0n) is 19.8. The molecule has 2 saturated heterocycles. The van der Waals surface area contributed by atoms with E-state index in [9.17, 15) is 0 Å². The van der Waals surface area contributed by atoms with E-state index in [0.29, 0.717) is 0 Å². The second-order valence-corrected chi connectivity index (χ2v) is 10.1. The van der Waals surface area contributed by atoms with Crippen LogP contribution in [0.3, 0.4) is 0 Å². The fourth-order valence-corrected chi connectivity index (χ4v) is 5.50. The highest BCUT2D eigenvalue weighted by atomic mass is 79.9. The summed E-state index contributed by atoms with van der Waals surface area (Å²) in [6.07, 6.45) is 1.87. The molecular weight excluding hydrogens is 508 g/mol. The SMILES string of the molecule is Cc1cc(CN2CCN(c3c(Br)cnc4[nH]c(-c5ccc(N6CCNCC6)cc5)nc34)CC2)no1. The van der Waals surface area contributed by atoms with Crippen molar-refractivity contribution in [1.82, 2.24) is 30.3 Å². The molecule has 3 aromatic heterocycles. The molecule has 0 saturated carbocycles. The lowest BCUT2D eigenvalue weighted by Crippen LogP contribution is -2.46. The van der Waals surface area contributed by atoms with E-state index in [4.69, 9.17) is 9.51 Å². The van der Waals surface area contributed by atoms with E-state index in [1.54, 1.807) is 0 Å².